The zero-order chi connectivity index (χ0) is 27.3. The number of β-lactam (4-membered cyclic amide) rings is 1. The first-order valence-electron chi connectivity index (χ1n) is 13.3. The summed E-state index contributed by atoms with van der Waals surface area (Å²) in [6.45, 7) is 21.3. The maximum absolute atomic E-state index is 11.4. The van der Waals surface area contributed by atoms with E-state index in [0.717, 1.165) is 0 Å². The Bertz CT molecular complexity index is 698. The quantitative estimate of drug-likeness (QED) is 0.203. The van der Waals surface area contributed by atoms with Crippen molar-refractivity contribution in [2.24, 2.45) is 0 Å². The summed E-state index contributed by atoms with van der Waals surface area (Å²) in [6.07, 6.45) is 10.2. The van der Waals surface area contributed by atoms with Crippen LogP contribution in [0.2, 0.25) is 0 Å². The third-order valence-corrected chi connectivity index (χ3v) is 7.19. The van der Waals surface area contributed by atoms with Crippen LogP contribution in [0.4, 0.5) is 4.79 Å². The van der Waals surface area contributed by atoms with Crippen LogP contribution in [0, 0.1) is 0 Å². The van der Waals surface area contributed by atoms with Gasteiger partial charge in [0.15, 0.2) is 10.3 Å². The zero-order valence-electron chi connectivity index (χ0n) is 23.4. The number of carbonyl (C=O) groups excluding carboxylic acids is 2. The zero-order valence-corrected chi connectivity index (χ0v) is 24.2. The highest BCUT2D eigenvalue weighted by Gasteiger charge is 2.49. The fourth-order valence-electron chi connectivity index (χ4n) is 4.17. The van der Waals surface area contributed by atoms with Gasteiger partial charge in [0.2, 0.25) is 0 Å². The topological polar surface area (TPSA) is 116 Å². The maximum atomic E-state index is 11.4. The third-order valence-electron chi connectivity index (χ3n) is 6.19. The molecular formula is C25H51N3O6S. The van der Waals surface area contributed by atoms with E-state index in [0.29, 0.717) is 0 Å². The minimum atomic E-state index is -4.83. The molecule has 2 amide bonds. The molecule has 0 bridgehead atoms. The number of rotatable bonds is 14. The van der Waals surface area contributed by atoms with Gasteiger partial charge in [-0.25, -0.2) is 17.5 Å². The number of carbonyl (C=O) groups is 2. The summed E-state index contributed by atoms with van der Waals surface area (Å²) in [7, 11) is -4.83. The number of amides is 2. The van der Waals surface area contributed by atoms with E-state index in [-0.39, 0.29) is 4.31 Å². The Morgan fingerprint density at radius 1 is 0.943 bits per heavy atom. The Morgan fingerprint density at radius 3 is 1.57 bits per heavy atom. The van der Waals surface area contributed by atoms with Crippen LogP contribution in [0.3, 0.4) is 0 Å². The van der Waals surface area contributed by atoms with Crippen LogP contribution in [0.1, 0.15) is 107 Å². The first-order valence-corrected chi connectivity index (χ1v) is 14.7. The molecule has 9 nitrogen and oxygen atoms in total. The fourth-order valence-corrected chi connectivity index (χ4v) is 5.04. The van der Waals surface area contributed by atoms with Crippen molar-refractivity contribution in [1.82, 2.24) is 9.62 Å². The lowest BCUT2D eigenvalue weighted by Gasteiger charge is -2.45. The molecule has 0 unspecified atom stereocenters. The van der Waals surface area contributed by atoms with Crippen LogP contribution in [0.5, 0.6) is 0 Å². The van der Waals surface area contributed by atoms with Gasteiger partial charge < -0.3 is 19.1 Å². The van der Waals surface area contributed by atoms with Crippen molar-refractivity contribution in [1.29, 1.82) is 0 Å². The van der Waals surface area contributed by atoms with E-state index in [2.05, 4.69) is 33.0 Å². The number of unbranched alkanes of at least 4 members (excludes halogenated alkanes) is 4. The molecule has 10 heteroatoms. The predicted molar refractivity (Wildman–Crippen MR) is 139 cm³/mol. The molecule has 0 aromatic carbocycles. The second kappa shape index (κ2) is 15.7. The number of hydrogen-bond acceptors (Lipinski definition) is 6. The molecule has 0 aromatic heterocycles. The average molecular weight is 522 g/mol. The Balaban J connectivity index is 0.000000662. The van der Waals surface area contributed by atoms with Crippen LogP contribution >= 0.6 is 0 Å². The Morgan fingerprint density at radius 2 is 1.31 bits per heavy atom. The molecule has 1 fully saturated rings. The van der Waals surface area contributed by atoms with Gasteiger partial charge in [-0.1, -0.05) is 53.4 Å². The summed E-state index contributed by atoms with van der Waals surface area (Å²) >= 11 is 0. The van der Waals surface area contributed by atoms with Crippen molar-refractivity contribution >= 4 is 22.3 Å². The first-order chi connectivity index (χ1) is 16.2. The number of nitrogens with one attached hydrogen (secondary N) is 1. The molecule has 2 atom stereocenters. The van der Waals surface area contributed by atoms with Crippen molar-refractivity contribution in [2.45, 2.75) is 124 Å². The van der Waals surface area contributed by atoms with E-state index in [4.69, 9.17) is 4.74 Å². The summed E-state index contributed by atoms with van der Waals surface area (Å²) in [4.78, 5) is 22.8. The van der Waals surface area contributed by atoms with E-state index >= 15 is 0 Å². The van der Waals surface area contributed by atoms with Crippen LogP contribution < -0.4 is 5.32 Å². The SMILES string of the molecule is CCCC[N+](CCCC)(CCCC)CCCC.C[C@@H]1[C@H](NC(=O)OC(C)(C)C)C(=O)N1S(=O)(=O)[O-]. The van der Waals surface area contributed by atoms with Gasteiger partial charge in [0, 0.05) is 0 Å². The highest BCUT2D eigenvalue weighted by molar-refractivity contribution is 7.84. The minimum absolute atomic E-state index is 0.190. The van der Waals surface area contributed by atoms with Crippen molar-refractivity contribution in [2.75, 3.05) is 26.2 Å². The monoisotopic (exact) mass is 521 g/mol. The minimum Gasteiger partial charge on any atom is -0.731 e. The highest BCUT2D eigenvalue weighted by atomic mass is 32.2. The molecular weight excluding hydrogens is 470 g/mol. The van der Waals surface area contributed by atoms with Gasteiger partial charge in [0.05, 0.1) is 32.2 Å². The van der Waals surface area contributed by atoms with Crippen LogP contribution in [0.15, 0.2) is 0 Å². The van der Waals surface area contributed by atoms with E-state index in [1.807, 2.05) is 0 Å². The van der Waals surface area contributed by atoms with E-state index in [9.17, 15) is 22.6 Å². The van der Waals surface area contributed by atoms with Crippen LogP contribution in [0.25, 0.3) is 0 Å². The van der Waals surface area contributed by atoms with E-state index in [1.165, 1.54) is 89.0 Å². The van der Waals surface area contributed by atoms with Gasteiger partial charge in [-0.3, -0.25) is 4.79 Å². The molecule has 0 aliphatic carbocycles. The Labute approximate surface area is 214 Å². The molecule has 0 aromatic rings. The first kappa shape index (κ1) is 33.6. The molecule has 0 radical (unpaired) electrons. The van der Waals surface area contributed by atoms with Gasteiger partial charge in [-0.2, -0.15) is 0 Å². The lowest BCUT2D eigenvalue weighted by molar-refractivity contribution is -0.929. The number of alkyl carbamates (subject to hydrolysis) is 1. The van der Waals surface area contributed by atoms with E-state index < -0.39 is 40.0 Å². The summed E-state index contributed by atoms with van der Waals surface area (Å²) in [6, 6.07) is -1.96. The maximum Gasteiger partial charge on any atom is 0.408 e. The van der Waals surface area contributed by atoms with Crippen molar-refractivity contribution in [3.63, 3.8) is 0 Å². The number of nitrogens with zero attached hydrogens (tertiary/aromatic N) is 2. The molecule has 1 heterocycles. The lowest BCUT2D eigenvalue weighted by atomic mass is 10.0. The van der Waals surface area contributed by atoms with Gasteiger partial charge in [0.1, 0.15) is 11.6 Å². The van der Waals surface area contributed by atoms with Crippen LogP contribution in [-0.2, 0) is 19.8 Å². The molecule has 1 aliphatic rings. The van der Waals surface area contributed by atoms with Gasteiger partial charge >= 0.3 is 6.09 Å². The molecule has 1 saturated heterocycles. The number of ether oxygens (including phenoxy) is 1. The normalized spacial score (nSPS) is 18.4. The van der Waals surface area contributed by atoms with Gasteiger partial charge in [0.25, 0.3) is 5.91 Å². The smallest absolute Gasteiger partial charge is 0.408 e. The lowest BCUT2D eigenvalue weighted by Crippen LogP contribution is -2.71. The predicted octanol–water partition coefficient (Wildman–Crippen LogP) is 4.57. The molecule has 1 aliphatic heterocycles. The van der Waals surface area contributed by atoms with Gasteiger partial charge in [-0.05, 0) is 53.4 Å². The molecule has 0 saturated carbocycles. The second-order valence-corrected chi connectivity index (χ2v) is 11.9. The molecule has 0 spiro atoms. The summed E-state index contributed by atoms with van der Waals surface area (Å²) in [5, 5.41) is 2.22. The Hall–Kier alpha value is -1.39. The molecule has 1 rings (SSSR count). The van der Waals surface area contributed by atoms with Crippen molar-refractivity contribution < 1.29 is 31.8 Å². The molecule has 208 valence electrons. The number of quaternary nitrogens is 1. The largest absolute Gasteiger partial charge is 0.731 e. The van der Waals surface area contributed by atoms with Crippen molar-refractivity contribution in [3.8, 4) is 0 Å². The summed E-state index contributed by atoms with van der Waals surface area (Å²) in [5.41, 5.74) is -0.732. The Kier molecular flexibility index (Phi) is 15.0. The van der Waals surface area contributed by atoms with Crippen molar-refractivity contribution in [3.05, 3.63) is 0 Å². The third kappa shape index (κ3) is 12.4. The molecule has 35 heavy (non-hydrogen) atoms. The molecule has 1 N–H and O–H groups in total. The summed E-state index contributed by atoms with van der Waals surface area (Å²) in [5.74, 6) is -0.955. The standard InChI is InChI=1S/C16H36N.C9H16N2O6S/c1-5-9-13-17(14-10-6-2,15-11-7-3)16-12-8-4;1-5-6(7(12)11(5)18(14,15)16)10-8(13)17-9(2,3)4/h5-16H2,1-4H3;5-6H,1-4H3,(H,10,13)(H,14,15,16)/q+1;/p-1/t;5-,6+/m.1/s1. The van der Waals surface area contributed by atoms with E-state index in [1.54, 1.807) is 20.8 Å². The van der Waals surface area contributed by atoms with Crippen LogP contribution in [-0.4, -0.2) is 77.6 Å². The second-order valence-electron chi connectivity index (χ2n) is 10.6. The summed E-state index contributed by atoms with van der Waals surface area (Å²) < 4.78 is 38.6. The fraction of sp³-hybridized carbons (Fsp3) is 0.920. The highest BCUT2D eigenvalue weighted by Crippen LogP contribution is 2.23. The number of hydrogen-bond donors (Lipinski definition) is 1. The van der Waals surface area contributed by atoms with Gasteiger partial charge in [-0.15, -0.1) is 0 Å². The average Bonchev–Trinajstić information content (AvgIpc) is 2.75.